The van der Waals surface area contributed by atoms with Crippen molar-refractivity contribution < 1.29 is 13.2 Å². The van der Waals surface area contributed by atoms with Gasteiger partial charge in [0.1, 0.15) is 0 Å². The minimum absolute atomic E-state index is 0.181. The van der Waals surface area contributed by atoms with Gasteiger partial charge in [0.2, 0.25) is 11.0 Å². The predicted octanol–water partition coefficient (Wildman–Crippen LogP) is 2.29. The predicted molar refractivity (Wildman–Crippen MR) is 111 cm³/mol. The molecule has 0 bridgehead atoms. The molecule has 1 fully saturated rings. The molecule has 0 unspecified atom stereocenters. The van der Waals surface area contributed by atoms with Crippen LogP contribution in [0.2, 0.25) is 0 Å². The lowest BCUT2D eigenvalue weighted by Crippen LogP contribution is -2.47. The van der Waals surface area contributed by atoms with Crippen molar-refractivity contribution in [3.63, 3.8) is 0 Å². The van der Waals surface area contributed by atoms with Gasteiger partial charge in [0.15, 0.2) is 4.34 Å². The fourth-order valence-electron chi connectivity index (χ4n) is 2.84. The van der Waals surface area contributed by atoms with Crippen LogP contribution in [-0.2, 0) is 20.8 Å². The van der Waals surface area contributed by atoms with Crippen LogP contribution < -0.4 is 5.32 Å². The Kier molecular flexibility index (Phi) is 7.05. The van der Waals surface area contributed by atoms with Gasteiger partial charge in [-0.25, -0.2) is 0 Å². The molecule has 1 aliphatic heterocycles. The van der Waals surface area contributed by atoms with E-state index in [4.69, 9.17) is 0 Å². The summed E-state index contributed by atoms with van der Waals surface area (Å²) in [6.45, 7) is 0.615. The van der Waals surface area contributed by atoms with Crippen molar-refractivity contribution in [1.29, 1.82) is 0 Å². The number of benzene rings is 1. The van der Waals surface area contributed by atoms with Crippen LogP contribution in [0.15, 0.2) is 34.7 Å². The van der Waals surface area contributed by atoms with Crippen molar-refractivity contribution in [3.05, 3.63) is 35.9 Å². The summed E-state index contributed by atoms with van der Waals surface area (Å²) in [4.78, 5) is 12.6. The molecule has 3 rings (SSSR count). The summed E-state index contributed by atoms with van der Waals surface area (Å²) in [6.07, 6.45) is 1.30. The number of nitrogens with one attached hydrogen (secondary N) is 1. The molecule has 28 heavy (non-hydrogen) atoms. The molecule has 8 nitrogen and oxygen atoms in total. The van der Waals surface area contributed by atoms with Crippen LogP contribution in [0.25, 0.3) is 0 Å². The average molecular weight is 442 g/mol. The van der Waals surface area contributed by atoms with Crippen molar-refractivity contribution in [2.45, 2.75) is 22.9 Å². The first kappa shape index (κ1) is 21.2. The van der Waals surface area contributed by atoms with Crippen molar-refractivity contribution in [2.75, 3.05) is 32.5 Å². The maximum absolute atomic E-state index is 12.6. The standard InChI is InChI=1S/C17H23N5O3S3/c1-21(2)28(24,25)22-10-6-9-14(11-22)15(23)18-16-19-20-17(27-16)26-12-13-7-4-3-5-8-13/h3-5,7-8,14H,6,9-12H2,1-2H3,(H,18,19,23)/t14-/m0/s1. The van der Waals surface area contributed by atoms with E-state index < -0.39 is 16.1 Å². The molecule has 1 N–H and O–H groups in total. The fourth-order valence-corrected chi connectivity index (χ4v) is 5.74. The molecule has 2 heterocycles. The molecule has 1 aromatic carbocycles. The maximum Gasteiger partial charge on any atom is 0.281 e. The SMILES string of the molecule is CN(C)S(=O)(=O)N1CCC[C@H](C(=O)Nc2nnc(SCc3ccccc3)s2)C1. The number of carbonyl (C=O) groups excluding carboxylic acids is 1. The third-order valence-corrected chi connectivity index (χ3v) is 8.33. The molecule has 0 radical (unpaired) electrons. The Balaban J connectivity index is 1.55. The quantitative estimate of drug-likeness (QED) is 0.523. The Labute approximate surface area is 173 Å². The van der Waals surface area contributed by atoms with Crippen molar-refractivity contribution >= 4 is 44.3 Å². The van der Waals surface area contributed by atoms with E-state index in [0.29, 0.717) is 24.5 Å². The van der Waals surface area contributed by atoms with Crippen LogP contribution >= 0.6 is 23.1 Å². The minimum atomic E-state index is -3.51. The van der Waals surface area contributed by atoms with E-state index in [-0.39, 0.29) is 12.5 Å². The number of amides is 1. The highest BCUT2D eigenvalue weighted by atomic mass is 32.2. The second kappa shape index (κ2) is 9.31. The van der Waals surface area contributed by atoms with E-state index in [2.05, 4.69) is 15.5 Å². The lowest BCUT2D eigenvalue weighted by molar-refractivity contribution is -0.120. The van der Waals surface area contributed by atoms with Gasteiger partial charge in [-0.2, -0.15) is 17.0 Å². The molecular formula is C17H23N5O3S3. The van der Waals surface area contributed by atoms with E-state index in [9.17, 15) is 13.2 Å². The highest BCUT2D eigenvalue weighted by Crippen LogP contribution is 2.29. The Morgan fingerprint density at radius 2 is 2.07 bits per heavy atom. The Morgan fingerprint density at radius 3 is 2.79 bits per heavy atom. The topological polar surface area (TPSA) is 95.5 Å². The van der Waals surface area contributed by atoms with Crippen molar-refractivity contribution in [2.24, 2.45) is 5.92 Å². The highest BCUT2D eigenvalue weighted by Gasteiger charge is 2.33. The number of piperidine rings is 1. The van der Waals surface area contributed by atoms with Gasteiger partial charge in [-0.3, -0.25) is 4.79 Å². The molecule has 1 amide bonds. The van der Waals surface area contributed by atoms with Crippen LogP contribution in [0.5, 0.6) is 0 Å². The second-order valence-corrected chi connectivity index (χ2v) is 11.0. The Bertz CT molecular complexity index is 902. The normalized spacial score (nSPS) is 18.3. The summed E-state index contributed by atoms with van der Waals surface area (Å²) in [5, 5.41) is 11.4. The first-order chi connectivity index (χ1) is 13.4. The number of nitrogens with zero attached hydrogens (tertiary/aromatic N) is 4. The van der Waals surface area contributed by atoms with E-state index in [1.165, 1.54) is 39.6 Å². The number of anilines is 1. The fraction of sp³-hybridized carbons (Fsp3) is 0.471. The van der Waals surface area contributed by atoms with Crippen LogP contribution in [0.1, 0.15) is 18.4 Å². The summed E-state index contributed by atoms with van der Waals surface area (Å²) in [6, 6.07) is 10.1. The molecule has 2 aromatic rings. The summed E-state index contributed by atoms with van der Waals surface area (Å²) in [7, 11) is -0.521. The molecule has 1 atom stereocenters. The van der Waals surface area contributed by atoms with Crippen molar-refractivity contribution in [3.8, 4) is 0 Å². The summed E-state index contributed by atoms with van der Waals surface area (Å²) in [5.41, 5.74) is 1.19. The molecule has 11 heteroatoms. The van der Waals surface area contributed by atoms with E-state index in [1.807, 2.05) is 30.3 Å². The largest absolute Gasteiger partial charge is 0.300 e. The summed E-state index contributed by atoms with van der Waals surface area (Å²) < 4.78 is 27.9. The number of thioether (sulfide) groups is 1. The summed E-state index contributed by atoms with van der Waals surface area (Å²) >= 11 is 2.89. The van der Waals surface area contributed by atoms with Gasteiger partial charge < -0.3 is 5.32 Å². The van der Waals surface area contributed by atoms with Gasteiger partial charge in [0, 0.05) is 32.9 Å². The van der Waals surface area contributed by atoms with Crippen LogP contribution in [0.3, 0.4) is 0 Å². The lowest BCUT2D eigenvalue weighted by Gasteiger charge is -2.32. The Hall–Kier alpha value is -1.53. The minimum Gasteiger partial charge on any atom is -0.300 e. The maximum atomic E-state index is 12.6. The zero-order valence-corrected chi connectivity index (χ0v) is 18.2. The third kappa shape index (κ3) is 5.29. The smallest absolute Gasteiger partial charge is 0.281 e. The first-order valence-electron chi connectivity index (χ1n) is 8.85. The van der Waals surface area contributed by atoms with Gasteiger partial charge >= 0.3 is 0 Å². The van der Waals surface area contributed by atoms with Gasteiger partial charge in [-0.1, -0.05) is 53.4 Å². The molecule has 152 valence electrons. The van der Waals surface area contributed by atoms with E-state index in [1.54, 1.807) is 11.8 Å². The van der Waals surface area contributed by atoms with Gasteiger partial charge in [0.25, 0.3) is 10.2 Å². The number of hydrogen-bond donors (Lipinski definition) is 1. The van der Waals surface area contributed by atoms with Gasteiger partial charge in [0.05, 0.1) is 5.92 Å². The number of rotatable bonds is 7. The monoisotopic (exact) mass is 441 g/mol. The first-order valence-corrected chi connectivity index (χ1v) is 12.0. The second-order valence-electron chi connectivity index (χ2n) is 6.62. The number of aromatic nitrogens is 2. The average Bonchev–Trinajstić information content (AvgIpc) is 3.14. The third-order valence-electron chi connectivity index (χ3n) is 4.38. The van der Waals surface area contributed by atoms with Crippen LogP contribution in [0, 0.1) is 5.92 Å². The van der Waals surface area contributed by atoms with E-state index in [0.717, 1.165) is 10.1 Å². The van der Waals surface area contributed by atoms with Gasteiger partial charge in [-0.05, 0) is 18.4 Å². The summed E-state index contributed by atoms with van der Waals surface area (Å²) in [5.74, 6) is 0.172. The zero-order valence-electron chi connectivity index (χ0n) is 15.7. The van der Waals surface area contributed by atoms with Crippen molar-refractivity contribution in [1.82, 2.24) is 18.8 Å². The Morgan fingerprint density at radius 1 is 1.32 bits per heavy atom. The highest BCUT2D eigenvalue weighted by molar-refractivity contribution is 8.00. The molecule has 0 saturated carbocycles. The molecule has 0 spiro atoms. The molecule has 1 aromatic heterocycles. The number of carbonyl (C=O) groups is 1. The van der Waals surface area contributed by atoms with Crippen LogP contribution in [-0.4, -0.2) is 60.3 Å². The zero-order chi connectivity index (χ0) is 20.1. The molecule has 1 saturated heterocycles. The number of hydrogen-bond acceptors (Lipinski definition) is 7. The molecular weight excluding hydrogens is 418 g/mol. The molecule has 0 aliphatic carbocycles. The van der Waals surface area contributed by atoms with Crippen LogP contribution in [0.4, 0.5) is 5.13 Å². The van der Waals surface area contributed by atoms with Gasteiger partial charge in [-0.15, -0.1) is 10.2 Å². The van der Waals surface area contributed by atoms with E-state index >= 15 is 0 Å². The molecule has 1 aliphatic rings. The lowest BCUT2D eigenvalue weighted by atomic mass is 9.99.